The average molecular weight is 310 g/mol. The van der Waals surface area contributed by atoms with Gasteiger partial charge in [0.05, 0.1) is 6.54 Å². The largest absolute Gasteiger partial charge is 0.378 e. The molecule has 0 atom stereocenters. The molecule has 0 spiro atoms. The van der Waals surface area contributed by atoms with Crippen LogP contribution in [0.3, 0.4) is 0 Å². The lowest BCUT2D eigenvalue weighted by Crippen LogP contribution is -2.22. The first-order valence-electron chi connectivity index (χ1n) is 7.77. The van der Waals surface area contributed by atoms with Crippen LogP contribution in [0.15, 0.2) is 41.4 Å². The predicted octanol–water partition coefficient (Wildman–Crippen LogP) is 3.60. The predicted molar refractivity (Wildman–Crippen MR) is 100 cm³/mol. The van der Waals surface area contributed by atoms with Gasteiger partial charge in [-0.2, -0.15) is 0 Å². The monoisotopic (exact) mass is 310 g/mol. The molecule has 0 aromatic heterocycles. The number of benzene rings is 2. The van der Waals surface area contributed by atoms with Crippen LogP contribution in [0.4, 0.5) is 11.4 Å². The number of anilines is 2. The highest BCUT2D eigenvalue weighted by Gasteiger charge is 2.02. The van der Waals surface area contributed by atoms with Crippen LogP contribution >= 0.6 is 0 Å². The second-order valence-electron chi connectivity index (χ2n) is 6.21. The standard InChI is InChI=1S/C19H26N4/c1-13-8-14(2)10-17(9-13)22-19(20)21-12-16-6-7-18(23(4)5)11-15(16)3/h6-11H,12H2,1-5H3,(H3,20,21,22). The number of nitrogens with one attached hydrogen (secondary N) is 1. The van der Waals surface area contributed by atoms with Crippen molar-refractivity contribution in [3.63, 3.8) is 0 Å². The third-order valence-corrected chi connectivity index (χ3v) is 3.76. The zero-order chi connectivity index (χ0) is 17.0. The maximum Gasteiger partial charge on any atom is 0.193 e. The minimum atomic E-state index is 0.436. The summed E-state index contributed by atoms with van der Waals surface area (Å²) in [6.07, 6.45) is 0. The normalized spacial score (nSPS) is 11.4. The molecule has 122 valence electrons. The molecule has 0 amide bonds. The molecule has 4 heteroatoms. The van der Waals surface area contributed by atoms with Gasteiger partial charge in [0.25, 0.3) is 0 Å². The summed E-state index contributed by atoms with van der Waals surface area (Å²) in [5.74, 6) is 0.436. The van der Waals surface area contributed by atoms with Gasteiger partial charge < -0.3 is 16.0 Å². The smallest absolute Gasteiger partial charge is 0.193 e. The van der Waals surface area contributed by atoms with Crippen molar-refractivity contribution in [2.24, 2.45) is 10.7 Å². The fourth-order valence-electron chi connectivity index (χ4n) is 2.54. The number of hydrogen-bond acceptors (Lipinski definition) is 2. The van der Waals surface area contributed by atoms with Gasteiger partial charge in [0.15, 0.2) is 5.96 Å². The van der Waals surface area contributed by atoms with Crippen LogP contribution in [-0.4, -0.2) is 20.1 Å². The molecule has 0 aliphatic heterocycles. The van der Waals surface area contributed by atoms with Gasteiger partial charge in [-0.15, -0.1) is 0 Å². The van der Waals surface area contributed by atoms with E-state index < -0.39 is 0 Å². The molecule has 2 aromatic carbocycles. The van der Waals surface area contributed by atoms with Gasteiger partial charge in [-0.05, 0) is 67.3 Å². The Bertz CT molecular complexity index is 697. The molecule has 0 aliphatic carbocycles. The lowest BCUT2D eigenvalue weighted by Gasteiger charge is -2.14. The number of guanidine groups is 1. The molecule has 0 fully saturated rings. The number of aryl methyl sites for hydroxylation is 3. The Balaban J connectivity index is 2.07. The summed E-state index contributed by atoms with van der Waals surface area (Å²) in [6.45, 7) is 6.82. The third-order valence-electron chi connectivity index (χ3n) is 3.76. The molecule has 0 radical (unpaired) electrons. The van der Waals surface area contributed by atoms with E-state index in [2.05, 4.69) is 72.4 Å². The zero-order valence-electron chi connectivity index (χ0n) is 14.6. The second kappa shape index (κ2) is 7.18. The van der Waals surface area contributed by atoms with Gasteiger partial charge in [0, 0.05) is 25.5 Å². The topological polar surface area (TPSA) is 53.6 Å². The molecule has 0 saturated heterocycles. The van der Waals surface area contributed by atoms with E-state index >= 15 is 0 Å². The highest BCUT2D eigenvalue weighted by atomic mass is 15.1. The third kappa shape index (κ3) is 4.74. The number of aliphatic imine (C=N–C) groups is 1. The number of nitrogens with two attached hydrogens (primary N) is 1. The highest BCUT2D eigenvalue weighted by Crippen LogP contribution is 2.18. The summed E-state index contributed by atoms with van der Waals surface area (Å²) in [7, 11) is 4.08. The van der Waals surface area contributed by atoms with E-state index in [1.54, 1.807) is 0 Å². The van der Waals surface area contributed by atoms with E-state index in [0.717, 1.165) is 5.69 Å². The van der Waals surface area contributed by atoms with Crippen molar-refractivity contribution in [1.29, 1.82) is 0 Å². The van der Waals surface area contributed by atoms with Crippen LogP contribution in [-0.2, 0) is 6.54 Å². The van der Waals surface area contributed by atoms with E-state index in [0.29, 0.717) is 12.5 Å². The minimum absolute atomic E-state index is 0.436. The van der Waals surface area contributed by atoms with Gasteiger partial charge in [-0.3, -0.25) is 0 Å². The van der Waals surface area contributed by atoms with Crippen molar-refractivity contribution in [2.45, 2.75) is 27.3 Å². The summed E-state index contributed by atoms with van der Waals surface area (Å²) in [4.78, 5) is 6.55. The van der Waals surface area contributed by atoms with Crippen molar-refractivity contribution in [1.82, 2.24) is 0 Å². The van der Waals surface area contributed by atoms with E-state index in [-0.39, 0.29) is 0 Å². The SMILES string of the molecule is Cc1cc(C)cc(NC(N)=NCc2ccc(N(C)C)cc2C)c1. The lowest BCUT2D eigenvalue weighted by atomic mass is 10.1. The van der Waals surface area contributed by atoms with Crippen LogP contribution in [0, 0.1) is 20.8 Å². The van der Waals surface area contributed by atoms with Gasteiger partial charge in [-0.25, -0.2) is 4.99 Å². The van der Waals surface area contributed by atoms with Crippen molar-refractivity contribution < 1.29 is 0 Å². The van der Waals surface area contributed by atoms with E-state index in [9.17, 15) is 0 Å². The Morgan fingerprint density at radius 1 is 1.04 bits per heavy atom. The summed E-state index contributed by atoms with van der Waals surface area (Å²) < 4.78 is 0. The first-order valence-corrected chi connectivity index (χ1v) is 7.77. The van der Waals surface area contributed by atoms with Gasteiger partial charge in [0.2, 0.25) is 0 Å². The van der Waals surface area contributed by atoms with Crippen molar-refractivity contribution in [3.8, 4) is 0 Å². The minimum Gasteiger partial charge on any atom is -0.378 e. The van der Waals surface area contributed by atoms with Crippen molar-refractivity contribution in [3.05, 3.63) is 58.7 Å². The van der Waals surface area contributed by atoms with Crippen LogP contribution in [0.5, 0.6) is 0 Å². The molecule has 0 aliphatic rings. The van der Waals surface area contributed by atoms with Crippen LogP contribution in [0.1, 0.15) is 22.3 Å². The van der Waals surface area contributed by atoms with Gasteiger partial charge in [0.1, 0.15) is 0 Å². The average Bonchev–Trinajstić information content (AvgIpc) is 2.44. The van der Waals surface area contributed by atoms with Crippen LogP contribution in [0.2, 0.25) is 0 Å². The van der Waals surface area contributed by atoms with E-state index in [4.69, 9.17) is 5.73 Å². The lowest BCUT2D eigenvalue weighted by molar-refractivity contribution is 1.03. The summed E-state index contributed by atoms with van der Waals surface area (Å²) >= 11 is 0. The summed E-state index contributed by atoms with van der Waals surface area (Å²) in [5.41, 5.74) is 13.0. The van der Waals surface area contributed by atoms with E-state index in [1.807, 2.05) is 14.1 Å². The van der Waals surface area contributed by atoms with Crippen LogP contribution < -0.4 is 16.0 Å². The molecular formula is C19H26N4. The highest BCUT2D eigenvalue weighted by molar-refractivity contribution is 5.92. The second-order valence-corrected chi connectivity index (χ2v) is 6.21. The molecule has 0 heterocycles. The maximum absolute atomic E-state index is 6.01. The molecule has 2 aromatic rings. The Labute approximate surface area is 139 Å². The van der Waals surface area contributed by atoms with Crippen molar-refractivity contribution in [2.75, 3.05) is 24.3 Å². The number of nitrogens with zero attached hydrogens (tertiary/aromatic N) is 2. The molecule has 23 heavy (non-hydrogen) atoms. The van der Waals surface area contributed by atoms with Crippen molar-refractivity contribution >= 4 is 17.3 Å². The molecule has 0 saturated carbocycles. The molecule has 0 unspecified atom stereocenters. The molecular weight excluding hydrogens is 284 g/mol. The quantitative estimate of drug-likeness (QED) is 0.670. The fourth-order valence-corrected chi connectivity index (χ4v) is 2.54. The van der Waals surface area contributed by atoms with Gasteiger partial charge in [-0.1, -0.05) is 12.1 Å². The maximum atomic E-state index is 6.01. The Morgan fingerprint density at radius 2 is 1.70 bits per heavy atom. The summed E-state index contributed by atoms with van der Waals surface area (Å²) in [5, 5.41) is 3.16. The van der Waals surface area contributed by atoms with Crippen LogP contribution in [0.25, 0.3) is 0 Å². The number of hydrogen-bond donors (Lipinski definition) is 2. The molecule has 0 bridgehead atoms. The first-order chi connectivity index (χ1) is 10.8. The Morgan fingerprint density at radius 3 is 2.26 bits per heavy atom. The Kier molecular flexibility index (Phi) is 5.27. The van der Waals surface area contributed by atoms with E-state index in [1.165, 1.54) is 27.9 Å². The number of rotatable bonds is 4. The molecule has 4 nitrogen and oxygen atoms in total. The summed E-state index contributed by atoms with van der Waals surface area (Å²) in [6, 6.07) is 12.6. The Hall–Kier alpha value is -2.49. The molecule has 2 rings (SSSR count). The fraction of sp³-hybridized carbons (Fsp3) is 0.316. The first kappa shape index (κ1) is 16.9. The zero-order valence-corrected chi connectivity index (χ0v) is 14.6. The molecule has 3 N–H and O–H groups in total. The van der Waals surface area contributed by atoms with Gasteiger partial charge >= 0.3 is 0 Å².